The Morgan fingerprint density at radius 2 is 1.48 bits per heavy atom. The number of carbonyl (C=O) groups is 3. The van der Waals surface area contributed by atoms with Crippen LogP contribution in [0.25, 0.3) is 0 Å². The van der Waals surface area contributed by atoms with Gasteiger partial charge in [0, 0.05) is 5.56 Å². The van der Waals surface area contributed by atoms with Gasteiger partial charge in [-0.15, -0.1) is 0 Å². The number of carbonyl (C=O) groups excluding carboxylic acids is 3. The van der Waals surface area contributed by atoms with Crippen LogP contribution in [0.2, 0.25) is 0 Å². The predicted octanol–water partition coefficient (Wildman–Crippen LogP) is 1.95. The summed E-state index contributed by atoms with van der Waals surface area (Å²) in [6.07, 6.45) is -1.33. The minimum absolute atomic E-state index is 0.132. The van der Waals surface area contributed by atoms with E-state index in [0.717, 1.165) is 0 Å². The fourth-order valence-electron chi connectivity index (χ4n) is 2.49. The summed E-state index contributed by atoms with van der Waals surface area (Å²) in [6, 6.07) is 8.84. The quantitative estimate of drug-likeness (QED) is 0.668. The molecule has 23 heavy (non-hydrogen) atoms. The average Bonchev–Trinajstić information content (AvgIpc) is 2.96. The summed E-state index contributed by atoms with van der Waals surface area (Å²) >= 11 is 0. The van der Waals surface area contributed by atoms with Gasteiger partial charge in [-0.2, -0.15) is 0 Å². The predicted molar refractivity (Wildman–Crippen MR) is 73.1 cm³/mol. The highest BCUT2D eigenvalue weighted by molar-refractivity contribution is 6.14. The Morgan fingerprint density at radius 3 is 2.26 bits per heavy atom. The van der Waals surface area contributed by atoms with Crippen LogP contribution in [-0.2, 0) is 9.47 Å². The summed E-state index contributed by atoms with van der Waals surface area (Å²) in [5, 5.41) is 9.64. The number of cyclic esters (lactones) is 3. The van der Waals surface area contributed by atoms with Crippen LogP contribution >= 0.6 is 0 Å². The third-order valence-electron chi connectivity index (χ3n) is 3.58. The number of benzene rings is 2. The maximum atomic E-state index is 11.5. The van der Waals surface area contributed by atoms with E-state index >= 15 is 0 Å². The minimum Gasteiger partial charge on any atom is -0.457 e. The van der Waals surface area contributed by atoms with Crippen molar-refractivity contribution in [3.63, 3.8) is 0 Å². The molecule has 114 valence electrons. The molecule has 0 radical (unpaired) electrons. The van der Waals surface area contributed by atoms with E-state index in [0.29, 0.717) is 17.1 Å². The first-order valence-electron chi connectivity index (χ1n) is 6.64. The number of ether oxygens (including phenoxy) is 3. The average molecular weight is 312 g/mol. The van der Waals surface area contributed by atoms with Gasteiger partial charge in [-0.05, 0) is 36.4 Å². The van der Waals surface area contributed by atoms with Crippen LogP contribution in [0.5, 0.6) is 11.5 Å². The number of aliphatic hydroxyl groups excluding tert-OH is 1. The summed E-state index contributed by atoms with van der Waals surface area (Å²) < 4.78 is 14.8. The van der Waals surface area contributed by atoms with E-state index in [4.69, 9.17) is 4.74 Å². The first-order chi connectivity index (χ1) is 11.0. The van der Waals surface area contributed by atoms with Crippen molar-refractivity contribution in [3.05, 3.63) is 58.7 Å². The van der Waals surface area contributed by atoms with E-state index in [2.05, 4.69) is 9.47 Å². The molecule has 0 spiro atoms. The topological polar surface area (TPSA) is 99.1 Å². The standard InChI is InChI=1S/C16H8O7/c17-13-9-3-1-7(5-11(9)15(19)22-13)21-8-2-4-10-12(6-8)16(20)23-14(10)18/h1-6,15,19H. The molecule has 2 aromatic rings. The molecule has 7 heteroatoms. The van der Waals surface area contributed by atoms with Crippen molar-refractivity contribution in [1.82, 2.24) is 0 Å². The lowest BCUT2D eigenvalue weighted by Gasteiger charge is -2.08. The van der Waals surface area contributed by atoms with E-state index in [1.54, 1.807) is 0 Å². The van der Waals surface area contributed by atoms with E-state index in [1.807, 2.05) is 0 Å². The van der Waals surface area contributed by atoms with Gasteiger partial charge in [0.25, 0.3) is 0 Å². The molecule has 2 aliphatic heterocycles. The molecule has 2 aromatic carbocycles. The Morgan fingerprint density at radius 1 is 0.826 bits per heavy atom. The lowest BCUT2D eigenvalue weighted by atomic mass is 10.1. The molecule has 0 amide bonds. The van der Waals surface area contributed by atoms with Crippen LogP contribution in [0.15, 0.2) is 36.4 Å². The van der Waals surface area contributed by atoms with Gasteiger partial charge in [0.15, 0.2) is 0 Å². The monoisotopic (exact) mass is 312 g/mol. The third-order valence-corrected chi connectivity index (χ3v) is 3.58. The van der Waals surface area contributed by atoms with Crippen LogP contribution in [0.4, 0.5) is 0 Å². The zero-order valence-corrected chi connectivity index (χ0v) is 11.4. The van der Waals surface area contributed by atoms with Crippen LogP contribution in [-0.4, -0.2) is 23.0 Å². The van der Waals surface area contributed by atoms with E-state index < -0.39 is 24.2 Å². The third kappa shape index (κ3) is 2.06. The van der Waals surface area contributed by atoms with E-state index in [-0.39, 0.29) is 16.7 Å². The lowest BCUT2D eigenvalue weighted by Crippen LogP contribution is -1.97. The van der Waals surface area contributed by atoms with Gasteiger partial charge in [-0.25, -0.2) is 14.4 Å². The molecule has 0 aliphatic carbocycles. The van der Waals surface area contributed by atoms with Crippen LogP contribution in [0, 0.1) is 0 Å². The highest BCUT2D eigenvalue weighted by atomic mass is 16.6. The Balaban J connectivity index is 1.66. The van der Waals surface area contributed by atoms with Gasteiger partial charge in [-0.3, -0.25) is 0 Å². The fourth-order valence-corrected chi connectivity index (χ4v) is 2.49. The molecule has 1 unspecified atom stereocenters. The molecule has 0 aromatic heterocycles. The van der Waals surface area contributed by atoms with Crippen molar-refractivity contribution in [1.29, 1.82) is 0 Å². The first kappa shape index (κ1) is 13.5. The Hall–Kier alpha value is -3.19. The number of hydrogen-bond acceptors (Lipinski definition) is 7. The molecule has 0 saturated carbocycles. The summed E-state index contributed by atoms with van der Waals surface area (Å²) in [5.74, 6) is -1.35. The molecular formula is C16H8O7. The van der Waals surface area contributed by atoms with Crippen molar-refractivity contribution in [2.45, 2.75) is 6.29 Å². The largest absolute Gasteiger partial charge is 0.457 e. The number of rotatable bonds is 2. The number of hydrogen-bond donors (Lipinski definition) is 1. The molecule has 4 rings (SSSR count). The Bertz CT molecular complexity index is 884. The molecule has 1 atom stereocenters. The zero-order valence-electron chi connectivity index (χ0n) is 11.4. The number of aliphatic hydroxyl groups is 1. The summed E-state index contributed by atoms with van der Waals surface area (Å²) in [4.78, 5) is 34.3. The fraction of sp³-hybridized carbons (Fsp3) is 0.0625. The van der Waals surface area contributed by atoms with Gasteiger partial charge in [0.1, 0.15) is 11.5 Å². The smallest absolute Gasteiger partial charge is 0.347 e. The molecule has 0 fully saturated rings. The molecule has 1 N–H and O–H groups in total. The maximum Gasteiger partial charge on any atom is 0.347 e. The Kier molecular flexibility index (Phi) is 2.73. The molecule has 2 aliphatic rings. The molecule has 2 heterocycles. The first-order valence-corrected chi connectivity index (χ1v) is 6.64. The Labute approximate surface area is 129 Å². The summed E-state index contributed by atoms with van der Waals surface area (Å²) in [7, 11) is 0. The van der Waals surface area contributed by atoms with Gasteiger partial charge >= 0.3 is 17.9 Å². The second kappa shape index (κ2) is 4.65. The second-order valence-corrected chi connectivity index (χ2v) is 4.99. The van der Waals surface area contributed by atoms with Crippen LogP contribution in [0.3, 0.4) is 0 Å². The van der Waals surface area contributed by atoms with E-state index in [9.17, 15) is 19.5 Å². The van der Waals surface area contributed by atoms with Crippen molar-refractivity contribution < 1.29 is 33.7 Å². The van der Waals surface area contributed by atoms with Gasteiger partial charge in [0.05, 0.1) is 16.7 Å². The molecule has 7 nitrogen and oxygen atoms in total. The van der Waals surface area contributed by atoms with Crippen LogP contribution in [0.1, 0.15) is 42.9 Å². The SMILES string of the molecule is O=C1OC(=O)c2cc(Oc3ccc4c(c3)C(O)OC4=O)ccc21. The van der Waals surface area contributed by atoms with Crippen molar-refractivity contribution >= 4 is 17.9 Å². The van der Waals surface area contributed by atoms with Gasteiger partial charge in [-0.1, -0.05) is 0 Å². The van der Waals surface area contributed by atoms with Crippen LogP contribution < -0.4 is 4.74 Å². The summed E-state index contributed by atoms with van der Waals surface area (Å²) in [5.41, 5.74) is 0.897. The van der Waals surface area contributed by atoms with E-state index in [1.165, 1.54) is 36.4 Å². The highest BCUT2D eigenvalue weighted by Crippen LogP contribution is 2.34. The highest BCUT2D eigenvalue weighted by Gasteiger charge is 2.31. The summed E-state index contributed by atoms with van der Waals surface area (Å²) in [6.45, 7) is 0. The zero-order chi connectivity index (χ0) is 16.1. The minimum atomic E-state index is -1.33. The lowest BCUT2D eigenvalue weighted by molar-refractivity contribution is -0.0548. The van der Waals surface area contributed by atoms with Gasteiger partial charge < -0.3 is 19.3 Å². The van der Waals surface area contributed by atoms with Crippen molar-refractivity contribution in [2.24, 2.45) is 0 Å². The van der Waals surface area contributed by atoms with Crippen molar-refractivity contribution in [2.75, 3.05) is 0 Å². The maximum absolute atomic E-state index is 11.5. The van der Waals surface area contributed by atoms with Crippen molar-refractivity contribution in [3.8, 4) is 11.5 Å². The molecular weight excluding hydrogens is 304 g/mol. The van der Waals surface area contributed by atoms with Gasteiger partial charge in [0.2, 0.25) is 6.29 Å². The normalized spacial score (nSPS) is 18.3. The number of esters is 3. The molecule has 0 saturated heterocycles. The molecule has 0 bridgehead atoms. The second-order valence-electron chi connectivity index (χ2n) is 4.99. The number of fused-ring (bicyclic) bond motifs is 2.